The van der Waals surface area contributed by atoms with E-state index in [9.17, 15) is 4.79 Å². The quantitative estimate of drug-likeness (QED) is 0.516. The third-order valence-electron chi connectivity index (χ3n) is 3.40. The van der Waals surface area contributed by atoms with E-state index in [4.69, 9.17) is 0 Å². The van der Waals surface area contributed by atoms with Crippen LogP contribution in [0.3, 0.4) is 0 Å². The summed E-state index contributed by atoms with van der Waals surface area (Å²) < 4.78 is 0. The number of aryl methyl sites for hydroxylation is 1. The van der Waals surface area contributed by atoms with Gasteiger partial charge in [-0.25, -0.2) is 0 Å². The highest BCUT2D eigenvalue weighted by molar-refractivity contribution is 6.37. The molecular weight excluding hydrogens is 238 g/mol. The van der Waals surface area contributed by atoms with Gasteiger partial charge in [0.15, 0.2) is 11.6 Å². The number of benzene rings is 1. The molecule has 4 nitrogen and oxygen atoms in total. The second-order valence-electron chi connectivity index (χ2n) is 4.97. The molecule has 2 rings (SSSR count). The van der Waals surface area contributed by atoms with Crippen molar-refractivity contribution < 1.29 is 4.79 Å². The Morgan fingerprint density at radius 3 is 2.53 bits per heavy atom. The predicted octanol–water partition coefficient (Wildman–Crippen LogP) is 2.80. The number of ketones is 1. The lowest BCUT2D eigenvalue weighted by Crippen LogP contribution is -2.39. The summed E-state index contributed by atoms with van der Waals surface area (Å²) in [5, 5.41) is 4.32. The number of likely N-dealkylation sites (tertiary alicyclic amines) is 1. The molecule has 0 radical (unpaired) electrons. The molecule has 19 heavy (non-hydrogen) atoms. The first-order valence-electron chi connectivity index (χ1n) is 6.83. The normalized spacial score (nSPS) is 16.3. The summed E-state index contributed by atoms with van der Waals surface area (Å²) in [6.07, 6.45) is 3.51. The maximum atomic E-state index is 11.7. The number of carbonyl (C=O) groups is 1. The SMILES string of the molecule is CC(=O)/C(=N\Nc1ccccc1C)N1CCCCC1. The van der Waals surface area contributed by atoms with Gasteiger partial charge in [-0.2, -0.15) is 5.10 Å². The van der Waals surface area contributed by atoms with Crippen LogP contribution in [-0.4, -0.2) is 29.6 Å². The number of hydrogen-bond acceptors (Lipinski definition) is 3. The highest BCUT2D eigenvalue weighted by Crippen LogP contribution is 2.14. The molecule has 1 N–H and O–H groups in total. The van der Waals surface area contributed by atoms with Crippen molar-refractivity contribution >= 4 is 17.3 Å². The maximum Gasteiger partial charge on any atom is 0.196 e. The zero-order valence-electron chi connectivity index (χ0n) is 11.6. The molecule has 4 heteroatoms. The van der Waals surface area contributed by atoms with E-state index in [0.717, 1.165) is 37.2 Å². The van der Waals surface area contributed by atoms with Gasteiger partial charge in [-0.1, -0.05) is 18.2 Å². The lowest BCUT2D eigenvalue weighted by molar-refractivity contribution is -0.111. The Morgan fingerprint density at radius 1 is 1.21 bits per heavy atom. The van der Waals surface area contributed by atoms with Crippen LogP contribution in [0.5, 0.6) is 0 Å². The summed E-state index contributed by atoms with van der Waals surface area (Å²) in [5.41, 5.74) is 5.08. The van der Waals surface area contributed by atoms with Crippen LogP contribution >= 0.6 is 0 Å². The van der Waals surface area contributed by atoms with Crippen LogP contribution in [0.4, 0.5) is 5.69 Å². The molecule has 102 valence electrons. The second-order valence-corrected chi connectivity index (χ2v) is 4.97. The van der Waals surface area contributed by atoms with E-state index in [1.54, 1.807) is 6.92 Å². The first kappa shape index (κ1) is 13.6. The zero-order chi connectivity index (χ0) is 13.7. The first-order chi connectivity index (χ1) is 9.18. The van der Waals surface area contributed by atoms with E-state index in [1.165, 1.54) is 6.42 Å². The predicted molar refractivity (Wildman–Crippen MR) is 78.3 cm³/mol. The van der Waals surface area contributed by atoms with E-state index < -0.39 is 0 Å². The number of para-hydroxylation sites is 1. The highest BCUT2D eigenvalue weighted by Gasteiger charge is 2.18. The van der Waals surface area contributed by atoms with E-state index in [1.807, 2.05) is 31.2 Å². The molecule has 1 aliphatic heterocycles. The molecule has 0 saturated carbocycles. The van der Waals surface area contributed by atoms with Crippen LogP contribution in [0.15, 0.2) is 29.4 Å². The molecule has 0 aromatic heterocycles. The number of hydrogen-bond donors (Lipinski definition) is 1. The molecule has 0 bridgehead atoms. The van der Waals surface area contributed by atoms with Crippen molar-refractivity contribution in [1.82, 2.24) is 4.90 Å². The van der Waals surface area contributed by atoms with Crippen molar-refractivity contribution in [1.29, 1.82) is 0 Å². The molecular formula is C15H21N3O. The molecule has 0 unspecified atom stereocenters. The van der Waals surface area contributed by atoms with Crippen LogP contribution in [0.1, 0.15) is 31.7 Å². The van der Waals surface area contributed by atoms with Gasteiger partial charge in [0.05, 0.1) is 5.69 Å². The van der Waals surface area contributed by atoms with E-state index in [0.29, 0.717) is 5.84 Å². The van der Waals surface area contributed by atoms with Crippen LogP contribution in [-0.2, 0) is 4.79 Å². The largest absolute Gasteiger partial charge is 0.352 e. The Balaban J connectivity index is 2.12. The molecule has 0 atom stereocenters. The fourth-order valence-electron chi connectivity index (χ4n) is 2.29. The number of anilines is 1. The molecule has 1 fully saturated rings. The van der Waals surface area contributed by atoms with Crippen LogP contribution in [0, 0.1) is 6.92 Å². The van der Waals surface area contributed by atoms with E-state index in [-0.39, 0.29) is 5.78 Å². The van der Waals surface area contributed by atoms with Crippen molar-refractivity contribution in [3.05, 3.63) is 29.8 Å². The van der Waals surface area contributed by atoms with Crippen molar-refractivity contribution in [2.24, 2.45) is 5.10 Å². The lowest BCUT2D eigenvalue weighted by Gasteiger charge is -2.28. The number of nitrogens with one attached hydrogen (secondary N) is 1. The van der Waals surface area contributed by atoms with Gasteiger partial charge >= 0.3 is 0 Å². The number of piperidine rings is 1. The summed E-state index contributed by atoms with van der Waals surface area (Å²) >= 11 is 0. The van der Waals surface area contributed by atoms with Crippen molar-refractivity contribution in [3.63, 3.8) is 0 Å². The van der Waals surface area contributed by atoms with E-state index >= 15 is 0 Å². The number of nitrogens with zero attached hydrogens (tertiary/aromatic N) is 2. The lowest BCUT2D eigenvalue weighted by atomic mass is 10.1. The van der Waals surface area contributed by atoms with Gasteiger partial charge in [-0.15, -0.1) is 0 Å². The van der Waals surface area contributed by atoms with E-state index in [2.05, 4.69) is 15.4 Å². The molecule has 1 saturated heterocycles. The van der Waals surface area contributed by atoms with Crippen LogP contribution < -0.4 is 5.43 Å². The number of hydrazone groups is 1. The number of Topliss-reactive ketones (excluding diaryl/α,β-unsaturated/α-hetero) is 1. The Morgan fingerprint density at radius 2 is 1.89 bits per heavy atom. The average Bonchev–Trinajstić information content (AvgIpc) is 2.42. The monoisotopic (exact) mass is 259 g/mol. The Labute approximate surface area is 114 Å². The molecule has 1 heterocycles. The fraction of sp³-hybridized carbons (Fsp3) is 0.467. The number of carbonyl (C=O) groups excluding carboxylic acids is 1. The minimum atomic E-state index is 0.0167. The molecule has 1 aliphatic rings. The van der Waals surface area contributed by atoms with Gasteiger partial charge < -0.3 is 4.90 Å². The number of amidine groups is 1. The Bertz CT molecular complexity index is 476. The van der Waals surface area contributed by atoms with Crippen molar-refractivity contribution in [2.45, 2.75) is 33.1 Å². The summed E-state index contributed by atoms with van der Waals surface area (Å²) in [6.45, 7) is 5.45. The third kappa shape index (κ3) is 3.56. The molecule has 0 spiro atoms. The standard InChI is InChI=1S/C15H21N3O/c1-12-8-4-5-9-14(12)16-17-15(13(2)19)18-10-6-3-7-11-18/h4-5,8-9,16H,3,6-7,10-11H2,1-2H3/b17-15+. The van der Waals surface area contributed by atoms with Gasteiger partial charge in [-0.05, 0) is 37.8 Å². The third-order valence-corrected chi connectivity index (χ3v) is 3.40. The summed E-state index contributed by atoms with van der Waals surface area (Å²) in [7, 11) is 0. The number of rotatable bonds is 3. The van der Waals surface area contributed by atoms with Gasteiger partial charge in [0.2, 0.25) is 0 Å². The molecule has 1 aromatic carbocycles. The van der Waals surface area contributed by atoms with Gasteiger partial charge in [0, 0.05) is 20.0 Å². The van der Waals surface area contributed by atoms with Crippen molar-refractivity contribution in [3.8, 4) is 0 Å². The van der Waals surface area contributed by atoms with Gasteiger partial charge in [0.25, 0.3) is 0 Å². The molecule has 0 amide bonds. The summed E-state index contributed by atoms with van der Waals surface area (Å²) in [4.78, 5) is 13.8. The highest BCUT2D eigenvalue weighted by atomic mass is 16.1. The Hall–Kier alpha value is -1.84. The molecule has 1 aromatic rings. The van der Waals surface area contributed by atoms with Gasteiger partial charge in [0.1, 0.15) is 0 Å². The molecule has 0 aliphatic carbocycles. The fourth-order valence-corrected chi connectivity index (χ4v) is 2.29. The van der Waals surface area contributed by atoms with Crippen LogP contribution in [0.25, 0.3) is 0 Å². The summed E-state index contributed by atoms with van der Waals surface area (Å²) in [6, 6.07) is 7.93. The topological polar surface area (TPSA) is 44.7 Å². The summed E-state index contributed by atoms with van der Waals surface area (Å²) in [5.74, 6) is 0.561. The van der Waals surface area contributed by atoms with Crippen molar-refractivity contribution in [2.75, 3.05) is 18.5 Å². The maximum absolute atomic E-state index is 11.7. The second kappa shape index (κ2) is 6.36. The smallest absolute Gasteiger partial charge is 0.196 e. The minimum Gasteiger partial charge on any atom is -0.352 e. The average molecular weight is 259 g/mol. The zero-order valence-corrected chi connectivity index (χ0v) is 11.6. The van der Waals surface area contributed by atoms with Crippen LogP contribution in [0.2, 0.25) is 0 Å². The minimum absolute atomic E-state index is 0.0167. The van der Waals surface area contributed by atoms with Gasteiger partial charge in [-0.3, -0.25) is 10.2 Å². The Kier molecular flexibility index (Phi) is 4.55. The first-order valence-corrected chi connectivity index (χ1v) is 6.83.